The Bertz CT molecular complexity index is 310. The van der Waals surface area contributed by atoms with Crippen LogP contribution in [0.4, 0.5) is 0 Å². The van der Waals surface area contributed by atoms with Crippen molar-refractivity contribution in [3.05, 3.63) is 35.4 Å². The van der Waals surface area contributed by atoms with Crippen LogP contribution in [0.25, 0.3) is 0 Å². The normalized spacial score (nSPS) is 9.86. The number of rotatable bonds is 4. The fourth-order valence-electron chi connectivity index (χ4n) is 1.25. The molecule has 1 aromatic carbocycles. The van der Waals surface area contributed by atoms with Gasteiger partial charge in [-0.2, -0.15) is 0 Å². The molecule has 0 bridgehead atoms. The number of esters is 1. The van der Waals surface area contributed by atoms with E-state index in [1.54, 1.807) is 6.07 Å². The van der Waals surface area contributed by atoms with E-state index in [0.717, 1.165) is 17.3 Å². The maximum atomic E-state index is 11.5. The lowest BCUT2D eigenvalue weighted by atomic mass is 10.1. The highest BCUT2D eigenvalue weighted by atomic mass is 79.9. The van der Waals surface area contributed by atoms with E-state index < -0.39 is 0 Å². The number of carbonyl (C=O) groups is 1. The Morgan fingerprint density at radius 2 is 2.14 bits per heavy atom. The van der Waals surface area contributed by atoms with Gasteiger partial charge in [0.25, 0.3) is 0 Å². The highest BCUT2D eigenvalue weighted by Gasteiger charge is 2.10. The summed E-state index contributed by atoms with van der Waals surface area (Å²) in [6, 6.07) is 7.54. The molecule has 0 radical (unpaired) electrons. The predicted octanol–water partition coefficient (Wildman–Crippen LogP) is 2.80. The van der Waals surface area contributed by atoms with Crippen LogP contribution in [0, 0.1) is 0 Å². The van der Waals surface area contributed by atoms with Crippen molar-refractivity contribution in [2.24, 2.45) is 0 Å². The Hall–Kier alpha value is -0.830. The Balaban J connectivity index is 2.88. The number of hydrogen-bond acceptors (Lipinski definition) is 2. The van der Waals surface area contributed by atoms with Gasteiger partial charge >= 0.3 is 5.97 Å². The van der Waals surface area contributed by atoms with Crippen LogP contribution in [-0.4, -0.2) is 17.9 Å². The molecule has 0 spiro atoms. The lowest BCUT2D eigenvalue weighted by Gasteiger charge is -2.06. The number of halogens is 1. The average Bonchev–Trinajstić information content (AvgIpc) is 2.19. The number of benzene rings is 1. The van der Waals surface area contributed by atoms with Crippen LogP contribution >= 0.6 is 15.9 Å². The van der Waals surface area contributed by atoms with E-state index in [1.165, 1.54) is 0 Å². The van der Waals surface area contributed by atoms with Gasteiger partial charge in [0.1, 0.15) is 0 Å². The van der Waals surface area contributed by atoms with Crippen LogP contribution in [0.5, 0.6) is 0 Å². The highest BCUT2D eigenvalue weighted by molar-refractivity contribution is 9.09. The second kappa shape index (κ2) is 5.81. The van der Waals surface area contributed by atoms with Gasteiger partial charge in [0, 0.05) is 5.33 Å². The third kappa shape index (κ3) is 2.84. The zero-order valence-corrected chi connectivity index (χ0v) is 9.71. The van der Waals surface area contributed by atoms with E-state index >= 15 is 0 Å². The quantitative estimate of drug-likeness (QED) is 0.612. The minimum Gasteiger partial charge on any atom is -0.462 e. The molecule has 0 fully saturated rings. The van der Waals surface area contributed by atoms with Crippen molar-refractivity contribution < 1.29 is 9.53 Å². The first kappa shape index (κ1) is 11.2. The van der Waals surface area contributed by atoms with Crippen LogP contribution in [0.3, 0.4) is 0 Å². The molecule has 0 aliphatic carbocycles. The van der Waals surface area contributed by atoms with Crippen molar-refractivity contribution in [2.75, 3.05) is 11.9 Å². The van der Waals surface area contributed by atoms with Crippen LogP contribution < -0.4 is 0 Å². The summed E-state index contributed by atoms with van der Waals surface area (Å²) in [5.41, 5.74) is 1.71. The number of ether oxygens (including phenoxy) is 1. The molecule has 1 aromatic rings. The average molecular weight is 257 g/mol. The maximum absolute atomic E-state index is 11.5. The molecule has 76 valence electrons. The SMILES string of the molecule is CCOC(=O)c1ccccc1CCBr. The summed E-state index contributed by atoms with van der Waals surface area (Å²) in [6.07, 6.45) is 0.842. The lowest BCUT2D eigenvalue weighted by Crippen LogP contribution is -2.08. The molecule has 0 atom stereocenters. The largest absolute Gasteiger partial charge is 0.462 e. The van der Waals surface area contributed by atoms with Crippen molar-refractivity contribution in [3.8, 4) is 0 Å². The third-order valence-electron chi connectivity index (χ3n) is 1.88. The van der Waals surface area contributed by atoms with E-state index in [9.17, 15) is 4.79 Å². The molecule has 0 aliphatic heterocycles. The highest BCUT2D eigenvalue weighted by Crippen LogP contribution is 2.11. The fraction of sp³-hybridized carbons (Fsp3) is 0.364. The van der Waals surface area contributed by atoms with Crippen molar-refractivity contribution in [2.45, 2.75) is 13.3 Å². The van der Waals surface area contributed by atoms with Gasteiger partial charge in [-0.25, -0.2) is 4.79 Å². The first-order valence-corrected chi connectivity index (χ1v) is 5.72. The second-order valence-electron chi connectivity index (χ2n) is 2.82. The van der Waals surface area contributed by atoms with E-state index in [2.05, 4.69) is 15.9 Å². The number of alkyl halides is 1. The molecule has 0 saturated heterocycles. The number of aryl methyl sites for hydroxylation is 1. The molecule has 0 aliphatic rings. The van der Waals surface area contributed by atoms with E-state index in [4.69, 9.17) is 4.74 Å². The molecule has 0 unspecified atom stereocenters. The zero-order valence-electron chi connectivity index (χ0n) is 8.13. The molecule has 3 heteroatoms. The predicted molar refractivity (Wildman–Crippen MR) is 59.9 cm³/mol. The van der Waals surface area contributed by atoms with Gasteiger partial charge in [-0.05, 0) is 25.0 Å². The summed E-state index contributed by atoms with van der Waals surface area (Å²) < 4.78 is 4.96. The first-order chi connectivity index (χ1) is 6.79. The molecule has 0 heterocycles. The van der Waals surface area contributed by atoms with E-state index in [-0.39, 0.29) is 5.97 Å². The topological polar surface area (TPSA) is 26.3 Å². The summed E-state index contributed by atoms with van der Waals surface area (Å²) in [4.78, 5) is 11.5. The smallest absolute Gasteiger partial charge is 0.338 e. The van der Waals surface area contributed by atoms with Crippen LogP contribution in [0.15, 0.2) is 24.3 Å². The van der Waals surface area contributed by atoms with Crippen molar-refractivity contribution in [3.63, 3.8) is 0 Å². The minimum absolute atomic E-state index is 0.232. The Labute approximate surface area is 92.4 Å². The van der Waals surface area contributed by atoms with E-state index in [1.807, 2.05) is 25.1 Å². The van der Waals surface area contributed by atoms with Gasteiger partial charge in [-0.1, -0.05) is 34.1 Å². The summed E-state index contributed by atoms with van der Waals surface area (Å²) in [5.74, 6) is -0.232. The van der Waals surface area contributed by atoms with Gasteiger partial charge in [0.2, 0.25) is 0 Å². The summed E-state index contributed by atoms with van der Waals surface area (Å²) in [5, 5.41) is 0.851. The van der Waals surface area contributed by atoms with Crippen molar-refractivity contribution in [1.82, 2.24) is 0 Å². The standard InChI is InChI=1S/C11H13BrO2/c1-2-14-11(13)10-6-4-3-5-9(10)7-8-12/h3-6H,2,7-8H2,1H3. The molecule has 14 heavy (non-hydrogen) atoms. The summed E-state index contributed by atoms with van der Waals surface area (Å²) in [6.45, 7) is 2.23. The van der Waals surface area contributed by atoms with Gasteiger partial charge in [0.05, 0.1) is 12.2 Å². The number of carbonyl (C=O) groups excluding carboxylic acids is 1. The monoisotopic (exact) mass is 256 g/mol. The number of hydrogen-bond donors (Lipinski definition) is 0. The van der Waals surface area contributed by atoms with Crippen molar-refractivity contribution >= 4 is 21.9 Å². The molecule has 0 saturated carbocycles. The molecular weight excluding hydrogens is 244 g/mol. The molecule has 0 aromatic heterocycles. The van der Waals surface area contributed by atoms with Crippen molar-refractivity contribution in [1.29, 1.82) is 0 Å². The molecule has 0 amide bonds. The van der Waals surface area contributed by atoms with Gasteiger partial charge in [-0.15, -0.1) is 0 Å². The third-order valence-corrected chi connectivity index (χ3v) is 2.27. The summed E-state index contributed by atoms with van der Waals surface area (Å²) in [7, 11) is 0. The minimum atomic E-state index is -0.232. The van der Waals surface area contributed by atoms with E-state index in [0.29, 0.717) is 12.2 Å². The molecule has 1 rings (SSSR count). The Morgan fingerprint density at radius 3 is 2.79 bits per heavy atom. The molecule has 2 nitrogen and oxygen atoms in total. The maximum Gasteiger partial charge on any atom is 0.338 e. The second-order valence-corrected chi connectivity index (χ2v) is 3.61. The summed E-state index contributed by atoms with van der Waals surface area (Å²) >= 11 is 3.36. The Morgan fingerprint density at radius 1 is 1.43 bits per heavy atom. The molecule has 0 N–H and O–H groups in total. The zero-order chi connectivity index (χ0) is 10.4. The Kier molecular flexibility index (Phi) is 4.66. The van der Waals surface area contributed by atoms with Crippen LogP contribution in [0.2, 0.25) is 0 Å². The first-order valence-electron chi connectivity index (χ1n) is 4.60. The van der Waals surface area contributed by atoms with Gasteiger partial charge < -0.3 is 4.74 Å². The van der Waals surface area contributed by atoms with Crippen LogP contribution in [0.1, 0.15) is 22.8 Å². The van der Waals surface area contributed by atoms with Crippen LogP contribution in [-0.2, 0) is 11.2 Å². The van der Waals surface area contributed by atoms with Gasteiger partial charge in [0.15, 0.2) is 0 Å². The van der Waals surface area contributed by atoms with Gasteiger partial charge in [-0.3, -0.25) is 0 Å². The molecular formula is C11H13BrO2. The fourth-order valence-corrected chi connectivity index (χ4v) is 1.68. The lowest BCUT2D eigenvalue weighted by molar-refractivity contribution is 0.0525.